The number of aromatic nitrogens is 2. The van der Waals surface area contributed by atoms with Crippen molar-refractivity contribution < 1.29 is 24.5 Å². The third-order valence-corrected chi connectivity index (χ3v) is 6.21. The zero-order valence-corrected chi connectivity index (χ0v) is 21.5. The van der Waals surface area contributed by atoms with Crippen molar-refractivity contribution in [2.24, 2.45) is 0 Å². The Bertz CT molecular complexity index is 1380. The molecule has 37 heavy (non-hydrogen) atoms. The number of para-hydroxylation sites is 1. The van der Waals surface area contributed by atoms with E-state index < -0.39 is 12.1 Å². The Morgan fingerprint density at radius 1 is 1.00 bits per heavy atom. The first-order chi connectivity index (χ1) is 17.9. The van der Waals surface area contributed by atoms with E-state index in [4.69, 9.17) is 26.2 Å². The average Bonchev–Trinajstić information content (AvgIpc) is 3.30. The Morgan fingerprint density at radius 2 is 1.81 bits per heavy atom. The number of nitrogens with zero attached hydrogens (tertiary/aromatic N) is 2. The van der Waals surface area contributed by atoms with Crippen LogP contribution in [0.5, 0.6) is 11.5 Å². The van der Waals surface area contributed by atoms with Gasteiger partial charge in [0, 0.05) is 16.1 Å². The third-order valence-electron chi connectivity index (χ3n) is 5.98. The van der Waals surface area contributed by atoms with Gasteiger partial charge in [0.2, 0.25) is 0 Å². The molecule has 0 aliphatic heterocycles. The number of aliphatic hydroxyl groups is 1. The third kappa shape index (κ3) is 6.50. The predicted octanol–water partition coefficient (Wildman–Crippen LogP) is 5.86. The van der Waals surface area contributed by atoms with Crippen LogP contribution in [0.1, 0.15) is 24.5 Å². The van der Waals surface area contributed by atoms with Crippen LogP contribution in [0.2, 0.25) is 5.02 Å². The Kier molecular flexibility index (Phi) is 8.48. The maximum Gasteiger partial charge on any atom is 0.307 e. The summed E-state index contributed by atoms with van der Waals surface area (Å²) in [4.78, 5) is 11.4. The van der Waals surface area contributed by atoms with E-state index in [1.807, 2.05) is 55.5 Å². The number of hydrogen-bond donors (Lipinski definition) is 2. The summed E-state index contributed by atoms with van der Waals surface area (Å²) in [6.45, 7) is 2.48. The van der Waals surface area contributed by atoms with E-state index in [0.717, 1.165) is 16.8 Å². The number of benzene rings is 3. The first-order valence-corrected chi connectivity index (χ1v) is 12.4. The monoisotopic (exact) mass is 520 g/mol. The zero-order valence-electron chi connectivity index (χ0n) is 20.7. The maximum absolute atomic E-state index is 11.4. The molecule has 0 saturated heterocycles. The normalized spacial score (nSPS) is 11.8. The molecule has 0 radical (unpaired) electrons. The van der Waals surface area contributed by atoms with Crippen LogP contribution in [0.3, 0.4) is 0 Å². The molecular weight excluding hydrogens is 492 g/mol. The highest BCUT2D eigenvalue weighted by atomic mass is 35.5. The topological polar surface area (TPSA) is 93.8 Å². The van der Waals surface area contributed by atoms with Gasteiger partial charge in [-0.15, -0.1) is 0 Å². The van der Waals surface area contributed by atoms with Crippen molar-refractivity contribution in [3.63, 3.8) is 0 Å². The molecule has 0 amide bonds. The zero-order chi connectivity index (χ0) is 26.4. The van der Waals surface area contributed by atoms with Gasteiger partial charge in [-0.3, -0.25) is 9.48 Å². The average molecular weight is 521 g/mol. The molecule has 0 aliphatic carbocycles. The minimum Gasteiger partial charge on any atom is -0.496 e. The Labute approximate surface area is 220 Å². The number of hydrogen-bond acceptors (Lipinski definition) is 5. The van der Waals surface area contributed by atoms with Crippen LogP contribution in [-0.4, -0.2) is 39.2 Å². The lowest BCUT2D eigenvalue weighted by atomic mass is 10.0. The van der Waals surface area contributed by atoms with Crippen molar-refractivity contribution in [2.75, 3.05) is 7.11 Å². The highest BCUT2D eigenvalue weighted by Gasteiger charge is 2.20. The van der Waals surface area contributed by atoms with Crippen LogP contribution >= 0.6 is 11.6 Å². The molecule has 0 fully saturated rings. The lowest BCUT2D eigenvalue weighted by molar-refractivity contribution is -0.136. The van der Waals surface area contributed by atoms with Crippen LogP contribution < -0.4 is 9.47 Å². The van der Waals surface area contributed by atoms with E-state index in [-0.39, 0.29) is 19.6 Å². The minimum absolute atomic E-state index is 0.129. The first kappa shape index (κ1) is 26.3. The first-order valence-electron chi connectivity index (χ1n) is 12.0. The van der Waals surface area contributed by atoms with Crippen LogP contribution in [-0.2, 0) is 24.4 Å². The molecule has 0 bridgehead atoms. The number of halogens is 1. The van der Waals surface area contributed by atoms with Gasteiger partial charge in [0.1, 0.15) is 18.1 Å². The van der Waals surface area contributed by atoms with E-state index >= 15 is 0 Å². The van der Waals surface area contributed by atoms with E-state index in [2.05, 4.69) is 0 Å². The molecule has 1 atom stereocenters. The molecule has 7 nitrogen and oxygen atoms in total. The summed E-state index contributed by atoms with van der Waals surface area (Å²) in [5, 5.41) is 25.2. The fraction of sp³-hybridized carbons (Fsp3) is 0.241. The summed E-state index contributed by atoms with van der Waals surface area (Å²) in [6, 6.07) is 22.2. The molecule has 4 aromatic rings. The van der Waals surface area contributed by atoms with Crippen molar-refractivity contribution in [2.45, 2.75) is 39.0 Å². The van der Waals surface area contributed by atoms with Crippen LogP contribution in [0, 0.1) is 0 Å². The van der Waals surface area contributed by atoms with Gasteiger partial charge in [0.15, 0.2) is 0 Å². The summed E-state index contributed by atoms with van der Waals surface area (Å²) >= 11 is 6.12. The molecule has 1 aromatic heterocycles. The van der Waals surface area contributed by atoms with Crippen molar-refractivity contribution in [3.8, 4) is 34.0 Å². The molecule has 1 heterocycles. The highest BCUT2D eigenvalue weighted by molar-refractivity contribution is 6.30. The number of aliphatic carboxylic acids is 1. The summed E-state index contributed by atoms with van der Waals surface area (Å²) in [5.41, 5.74) is 4.37. The lowest BCUT2D eigenvalue weighted by Gasteiger charge is -2.13. The molecule has 0 spiro atoms. The fourth-order valence-electron chi connectivity index (χ4n) is 4.06. The smallest absolute Gasteiger partial charge is 0.307 e. The van der Waals surface area contributed by atoms with Gasteiger partial charge in [-0.05, 0) is 60.0 Å². The summed E-state index contributed by atoms with van der Waals surface area (Å²) in [6.07, 6.45) is -0.142. The van der Waals surface area contributed by atoms with Gasteiger partial charge in [0.05, 0.1) is 37.6 Å². The number of ether oxygens (including phenoxy) is 2. The predicted molar refractivity (Wildman–Crippen MR) is 143 cm³/mol. The van der Waals surface area contributed by atoms with E-state index in [1.54, 1.807) is 36.1 Å². The van der Waals surface area contributed by atoms with Gasteiger partial charge in [-0.1, -0.05) is 48.9 Å². The number of carboxylic acids is 1. The van der Waals surface area contributed by atoms with Crippen molar-refractivity contribution in [1.29, 1.82) is 0 Å². The molecular formula is C29H29ClN2O5. The second-order valence-electron chi connectivity index (χ2n) is 8.68. The molecule has 2 N–H and O–H groups in total. The number of rotatable bonds is 11. The Balaban J connectivity index is 1.80. The van der Waals surface area contributed by atoms with Gasteiger partial charge in [-0.2, -0.15) is 5.10 Å². The van der Waals surface area contributed by atoms with Crippen molar-refractivity contribution in [3.05, 3.63) is 88.9 Å². The highest BCUT2D eigenvalue weighted by Crippen LogP contribution is 2.37. The maximum atomic E-state index is 11.4. The molecule has 8 heteroatoms. The summed E-state index contributed by atoms with van der Waals surface area (Å²) in [5.74, 6) is 0.310. The molecule has 3 aromatic carbocycles. The Morgan fingerprint density at radius 3 is 2.54 bits per heavy atom. The second-order valence-corrected chi connectivity index (χ2v) is 9.12. The molecule has 0 aliphatic rings. The van der Waals surface area contributed by atoms with Crippen molar-refractivity contribution in [1.82, 2.24) is 9.78 Å². The van der Waals surface area contributed by atoms with Crippen LogP contribution in [0.25, 0.3) is 22.5 Å². The van der Waals surface area contributed by atoms with Gasteiger partial charge >= 0.3 is 5.97 Å². The number of methoxy groups -OCH3 is 1. The van der Waals surface area contributed by atoms with E-state index in [1.165, 1.54) is 0 Å². The number of aliphatic hydroxyl groups excluding tert-OH is 1. The largest absolute Gasteiger partial charge is 0.496 e. The summed E-state index contributed by atoms with van der Waals surface area (Å²) in [7, 11) is 1.61. The Hall–Kier alpha value is -3.81. The van der Waals surface area contributed by atoms with E-state index in [9.17, 15) is 15.0 Å². The van der Waals surface area contributed by atoms with E-state index in [0.29, 0.717) is 39.8 Å². The lowest BCUT2D eigenvalue weighted by Crippen LogP contribution is -2.16. The molecule has 192 valence electrons. The van der Waals surface area contributed by atoms with Gasteiger partial charge in [0.25, 0.3) is 0 Å². The fourth-order valence-corrected chi connectivity index (χ4v) is 4.28. The molecule has 4 rings (SSSR count). The molecule has 1 unspecified atom stereocenters. The molecule has 0 saturated carbocycles. The van der Waals surface area contributed by atoms with Gasteiger partial charge in [-0.25, -0.2) is 0 Å². The van der Waals surface area contributed by atoms with Crippen molar-refractivity contribution >= 4 is 17.6 Å². The quantitative estimate of drug-likeness (QED) is 0.257. The standard InChI is InChI=1S/C29H29ClN2O5/c1-3-22(33)17-32-26(23-9-4-5-10-27(23)36-2)16-25(31-32)24-14-19(15-29(34)35)11-12-28(24)37-18-20-7-6-8-21(30)13-20/h4-14,16,22,33H,3,15,17-18H2,1-2H3,(H,34,35). The van der Waals surface area contributed by atoms with Gasteiger partial charge < -0.3 is 19.7 Å². The van der Waals surface area contributed by atoms with Crippen LogP contribution in [0.15, 0.2) is 72.8 Å². The number of carboxylic acid groups (broad SMARTS) is 1. The summed E-state index contributed by atoms with van der Waals surface area (Å²) < 4.78 is 13.5. The number of carbonyl (C=O) groups is 1. The second kappa shape index (κ2) is 12.0. The SMILES string of the molecule is CCC(O)Cn1nc(-c2cc(CC(=O)O)ccc2OCc2cccc(Cl)c2)cc1-c1ccccc1OC. The van der Waals surface area contributed by atoms with Crippen LogP contribution in [0.4, 0.5) is 0 Å². The minimum atomic E-state index is -0.926.